The van der Waals surface area contributed by atoms with Crippen molar-refractivity contribution in [1.82, 2.24) is 0 Å². The lowest BCUT2D eigenvalue weighted by Crippen LogP contribution is -2.16. The third-order valence-corrected chi connectivity index (χ3v) is 6.51. The Balaban J connectivity index is 1.45. The molecular weight excluding hydrogens is 430 g/mol. The lowest BCUT2D eigenvalue weighted by Gasteiger charge is -2.06. The molecular formula is C29H47ClNO2+. The summed E-state index contributed by atoms with van der Waals surface area (Å²) in [4.78, 5) is 0. The highest BCUT2D eigenvalue weighted by molar-refractivity contribution is 6.18. The van der Waals surface area contributed by atoms with Gasteiger partial charge in [0.25, 0.3) is 0 Å². The van der Waals surface area contributed by atoms with Crippen LogP contribution in [0.15, 0.2) is 30.3 Å². The number of halogens is 1. The second kappa shape index (κ2) is 18.9. The van der Waals surface area contributed by atoms with E-state index in [-0.39, 0.29) is 0 Å². The van der Waals surface area contributed by atoms with Crippen LogP contribution in [-0.2, 0) is 4.74 Å². The molecule has 1 aliphatic heterocycles. The van der Waals surface area contributed by atoms with E-state index in [1.54, 1.807) is 0 Å². The summed E-state index contributed by atoms with van der Waals surface area (Å²) in [7, 11) is 0. The van der Waals surface area contributed by atoms with Crippen molar-refractivity contribution in [3.8, 4) is 5.75 Å². The zero-order valence-corrected chi connectivity index (χ0v) is 21.8. The molecule has 0 atom stereocenters. The number of nitrogens with zero attached hydrogens (tertiary/aromatic N) is 1. The van der Waals surface area contributed by atoms with Gasteiger partial charge in [0, 0.05) is 0 Å². The number of hydrogen-bond donors (Lipinski definition) is 0. The van der Waals surface area contributed by atoms with Gasteiger partial charge in [-0.15, -0.1) is 11.6 Å². The molecule has 0 amide bonds. The van der Waals surface area contributed by atoms with Gasteiger partial charge in [0.05, 0.1) is 18.6 Å². The minimum atomic E-state index is 0.617. The van der Waals surface area contributed by atoms with Gasteiger partial charge < -0.3 is 9.47 Å². The number of unbranched alkanes of at least 4 members (excludes halogenated alkanes) is 13. The fourth-order valence-corrected chi connectivity index (χ4v) is 4.47. The van der Waals surface area contributed by atoms with Gasteiger partial charge in [0.2, 0.25) is 0 Å². The van der Waals surface area contributed by atoms with Gasteiger partial charge in [-0.3, -0.25) is 0 Å². The Kier molecular flexibility index (Phi) is 15.9. The maximum Gasteiger partial charge on any atom is 0.362 e. The molecule has 0 spiro atoms. The first-order valence-corrected chi connectivity index (χ1v) is 14.1. The van der Waals surface area contributed by atoms with E-state index < -0.39 is 0 Å². The summed E-state index contributed by atoms with van der Waals surface area (Å²) in [5, 5.41) is 0. The van der Waals surface area contributed by atoms with Crippen LogP contribution in [0.4, 0.5) is 0 Å². The maximum atomic E-state index is 5.92. The van der Waals surface area contributed by atoms with Crippen molar-refractivity contribution in [3.63, 3.8) is 0 Å². The molecule has 1 aliphatic rings. The van der Waals surface area contributed by atoms with Crippen molar-refractivity contribution in [2.45, 2.75) is 96.8 Å². The summed E-state index contributed by atoms with van der Waals surface area (Å²) >= 11 is 5.85. The first kappa shape index (κ1) is 27.8. The van der Waals surface area contributed by atoms with Gasteiger partial charge in [-0.1, -0.05) is 103 Å². The molecule has 0 unspecified atom stereocenters. The van der Waals surface area contributed by atoms with Crippen LogP contribution in [0.5, 0.6) is 5.75 Å². The highest BCUT2D eigenvalue weighted by Crippen LogP contribution is 2.16. The highest BCUT2D eigenvalue weighted by atomic mass is 35.5. The Morgan fingerprint density at radius 2 is 1.39 bits per heavy atom. The maximum absolute atomic E-state index is 5.92. The van der Waals surface area contributed by atoms with Gasteiger partial charge in [-0.2, -0.15) is 4.58 Å². The van der Waals surface area contributed by atoms with Crippen LogP contribution in [0.25, 0.3) is 6.08 Å². The monoisotopic (exact) mass is 476 g/mol. The summed E-state index contributed by atoms with van der Waals surface area (Å²) in [6.07, 6.45) is 23.5. The molecule has 0 aliphatic carbocycles. The quantitative estimate of drug-likeness (QED) is 0.107. The van der Waals surface area contributed by atoms with Crippen LogP contribution >= 0.6 is 11.6 Å². The third-order valence-electron chi connectivity index (χ3n) is 6.34. The van der Waals surface area contributed by atoms with Crippen molar-refractivity contribution in [3.05, 3.63) is 35.9 Å². The molecule has 0 radical (unpaired) electrons. The van der Waals surface area contributed by atoms with E-state index in [1.165, 1.54) is 83.5 Å². The van der Waals surface area contributed by atoms with E-state index in [4.69, 9.17) is 21.1 Å². The van der Waals surface area contributed by atoms with Crippen LogP contribution < -0.4 is 4.74 Å². The molecule has 1 aromatic carbocycles. The topological polar surface area (TPSA) is 21.5 Å². The second-order valence-corrected chi connectivity index (χ2v) is 9.59. The summed E-state index contributed by atoms with van der Waals surface area (Å²) in [5.41, 5.74) is 1.15. The number of ether oxygens (including phenoxy) is 2. The van der Waals surface area contributed by atoms with E-state index in [9.17, 15) is 0 Å². The fourth-order valence-electron chi connectivity index (χ4n) is 4.27. The Morgan fingerprint density at radius 3 is 1.97 bits per heavy atom. The first-order valence-electron chi connectivity index (χ1n) is 13.5. The lowest BCUT2D eigenvalue weighted by molar-refractivity contribution is -0.512. The molecule has 0 saturated carbocycles. The van der Waals surface area contributed by atoms with Gasteiger partial charge in [0.1, 0.15) is 5.75 Å². The summed E-state index contributed by atoms with van der Waals surface area (Å²) in [5.74, 6) is 2.48. The summed E-state index contributed by atoms with van der Waals surface area (Å²) in [6.45, 7) is 5.58. The average Bonchev–Trinajstić information content (AvgIpc) is 3.28. The molecule has 186 valence electrons. The van der Waals surface area contributed by atoms with Crippen LogP contribution in [0.1, 0.15) is 102 Å². The number of hydrogen-bond acceptors (Lipinski definition) is 2. The number of benzene rings is 1. The standard InChI is InChI=1S/C29H47ClNO2/c1-2-3-4-5-6-7-8-9-10-11-12-13-14-15-25-32-28-19-16-27(17-20-28)18-21-29-31(23-22-30)24-26-33-29/h16-21H,2-15,22-26H2,1H3/q+1. The van der Waals surface area contributed by atoms with Gasteiger partial charge in [0.15, 0.2) is 19.7 Å². The van der Waals surface area contributed by atoms with Crippen LogP contribution in [-0.4, -0.2) is 42.7 Å². The van der Waals surface area contributed by atoms with Gasteiger partial charge in [-0.25, -0.2) is 0 Å². The van der Waals surface area contributed by atoms with Crippen molar-refractivity contribution < 1.29 is 14.0 Å². The SMILES string of the molecule is CCCCCCCCCCCCCCCCOc1ccc(C=CC2=[N+](CCCl)CCO2)cc1. The second-order valence-electron chi connectivity index (χ2n) is 9.21. The van der Waals surface area contributed by atoms with Crippen LogP contribution in [0.3, 0.4) is 0 Å². The summed E-state index contributed by atoms with van der Waals surface area (Å²) < 4.78 is 13.8. The number of rotatable bonds is 20. The smallest absolute Gasteiger partial charge is 0.362 e. The van der Waals surface area contributed by atoms with E-state index in [1.807, 2.05) is 6.08 Å². The van der Waals surface area contributed by atoms with E-state index in [0.29, 0.717) is 5.88 Å². The van der Waals surface area contributed by atoms with E-state index in [0.717, 1.165) is 49.9 Å². The number of alkyl halides is 1. The van der Waals surface area contributed by atoms with Crippen molar-refractivity contribution in [2.24, 2.45) is 0 Å². The van der Waals surface area contributed by atoms with Crippen LogP contribution in [0, 0.1) is 0 Å². The van der Waals surface area contributed by atoms with E-state index in [2.05, 4.69) is 41.8 Å². The molecule has 0 aromatic heterocycles. The molecule has 33 heavy (non-hydrogen) atoms. The fraction of sp³-hybridized carbons (Fsp3) is 0.690. The van der Waals surface area contributed by atoms with Crippen molar-refractivity contribution >= 4 is 23.6 Å². The molecule has 1 aromatic rings. The van der Waals surface area contributed by atoms with Crippen molar-refractivity contribution in [1.29, 1.82) is 0 Å². The van der Waals surface area contributed by atoms with Gasteiger partial charge >= 0.3 is 5.90 Å². The molecule has 0 fully saturated rings. The Bertz CT molecular complexity index is 669. The first-order chi connectivity index (χ1) is 16.3. The minimum absolute atomic E-state index is 0.617. The van der Waals surface area contributed by atoms with E-state index >= 15 is 0 Å². The molecule has 1 heterocycles. The highest BCUT2D eigenvalue weighted by Gasteiger charge is 2.20. The predicted octanol–water partition coefficient (Wildman–Crippen LogP) is 8.24. The molecule has 0 N–H and O–H groups in total. The normalized spacial score (nSPS) is 13.8. The average molecular weight is 477 g/mol. The third kappa shape index (κ3) is 13.1. The molecule has 3 nitrogen and oxygen atoms in total. The lowest BCUT2D eigenvalue weighted by atomic mass is 10.0. The predicted molar refractivity (Wildman–Crippen MR) is 143 cm³/mol. The minimum Gasteiger partial charge on any atom is -0.494 e. The molecule has 0 bridgehead atoms. The molecule has 4 heteroatoms. The largest absolute Gasteiger partial charge is 0.494 e. The van der Waals surface area contributed by atoms with Gasteiger partial charge in [-0.05, 0) is 30.2 Å². The van der Waals surface area contributed by atoms with Crippen LogP contribution in [0.2, 0.25) is 0 Å². The molecule has 2 rings (SSSR count). The van der Waals surface area contributed by atoms with Crippen molar-refractivity contribution in [2.75, 3.05) is 32.2 Å². The summed E-state index contributed by atoms with van der Waals surface area (Å²) in [6, 6.07) is 8.30. The Morgan fingerprint density at radius 1 is 0.818 bits per heavy atom. The zero-order chi connectivity index (χ0) is 23.4. The Labute approximate surface area is 208 Å². The Hall–Kier alpha value is -1.48. The zero-order valence-electron chi connectivity index (χ0n) is 21.0. The molecule has 0 saturated heterocycles.